The Morgan fingerprint density at radius 3 is 1.50 bits per heavy atom. The van der Waals surface area contributed by atoms with E-state index in [0.717, 1.165) is 0 Å². The molecule has 164 valence electrons. The van der Waals surface area contributed by atoms with E-state index in [9.17, 15) is 9.59 Å². The van der Waals surface area contributed by atoms with Crippen LogP contribution in [0.15, 0.2) is 36.4 Å². The van der Waals surface area contributed by atoms with E-state index >= 15 is 0 Å². The number of benzene rings is 2. The Morgan fingerprint density at radius 2 is 1.16 bits per heavy atom. The molecule has 1 fully saturated rings. The second-order valence-corrected chi connectivity index (χ2v) is 7.72. The van der Waals surface area contributed by atoms with Gasteiger partial charge < -0.3 is 19.3 Å². The number of hydrogen-bond acceptors (Lipinski definition) is 4. The highest BCUT2D eigenvalue weighted by Crippen LogP contribution is 2.27. The summed E-state index contributed by atoms with van der Waals surface area (Å²) in [4.78, 5) is 29.4. The highest BCUT2D eigenvalue weighted by atomic mass is 35.5. The molecule has 8 heteroatoms. The molecule has 0 unspecified atom stereocenters. The van der Waals surface area contributed by atoms with Crippen molar-refractivity contribution in [3.8, 4) is 36.2 Å². The zero-order chi connectivity index (χ0) is 23.1. The maximum Gasteiger partial charge on any atom is 0.257 e. The van der Waals surface area contributed by atoms with Crippen LogP contribution in [-0.4, -0.2) is 61.0 Å². The van der Waals surface area contributed by atoms with Crippen LogP contribution in [0.25, 0.3) is 0 Å². The molecule has 2 aromatic rings. The minimum Gasteiger partial charge on any atom is -0.480 e. The molecular weight excluding hydrogens is 451 g/mol. The van der Waals surface area contributed by atoms with Gasteiger partial charge in [-0.05, 0) is 36.4 Å². The Balaban J connectivity index is 1.71. The topological polar surface area (TPSA) is 59.1 Å². The van der Waals surface area contributed by atoms with Gasteiger partial charge in [0.15, 0.2) is 0 Å². The number of rotatable bonds is 6. The highest BCUT2D eigenvalue weighted by Gasteiger charge is 2.28. The number of nitrogens with zero attached hydrogens (tertiary/aromatic N) is 2. The molecule has 0 atom stereocenters. The van der Waals surface area contributed by atoms with Crippen LogP contribution in [0.5, 0.6) is 11.5 Å². The van der Waals surface area contributed by atoms with Gasteiger partial charge in [-0.15, -0.1) is 12.8 Å². The van der Waals surface area contributed by atoms with E-state index in [1.807, 2.05) is 0 Å². The normalized spacial score (nSPS) is 13.1. The van der Waals surface area contributed by atoms with Crippen molar-refractivity contribution in [2.75, 3.05) is 39.4 Å². The molecule has 0 aliphatic carbocycles. The molecule has 6 nitrogen and oxygen atoms in total. The summed E-state index contributed by atoms with van der Waals surface area (Å²) >= 11 is 12.2. The number of halogens is 2. The lowest BCUT2D eigenvalue weighted by atomic mass is 10.1. The van der Waals surface area contributed by atoms with E-state index in [4.69, 9.17) is 45.5 Å². The zero-order valence-electron chi connectivity index (χ0n) is 17.1. The average Bonchev–Trinajstić information content (AvgIpc) is 2.81. The molecule has 32 heavy (non-hydrogen) atoms. The van der Waals surface area contributed by atoms with Crippen LogP contribution in [0.3, 0.4) is 0 Å². The van der Waals surface area contributed by atoms with E-state index in [2.05, 4.69) is 11.8 Å². The second-order valence-electron chi connectivity index (χ2n) is 6.85. The minimum absolute atomic E-state index is 0.0356. The predicted octanol–water partition coefficient (Wildman–Crippen LogP) is 3.62. The first-order chi connectivity index (χ1) is 15.4. The van der Waals surface area contributed by atoms with E-state index in [0.29, 0.717) is 58.9 Å². The van der Waals surface area contributed by atoms with Crippen molar-refractivity contribution < 1.29 is 19.1 Å². The summed E-state index contributed by atoms with van der Waals surface area (Å²) in [7, 11) is 0. The van der Waals surface area contributed by atoms with E-state index in [1.54, 1.807) is 46.2 Å². The van der Waals surface area contributed by atoms with E-state index in [-0.39, 0.29) is 25.0 Å². The Hall–Kier alpha value is -3.32. The summed E-state index contributed by atoms with van der Waals surface area (Å²) in [5, 5.41) is 0.825. The van der Waals surface area contributed by atoms with Gasteiger partial charge in [0.05, 0.1) is 11.1 Å². The smallest absolute Gasteiger partial charge is 0.257 e. The molecule has 0 aromatic heterocycles. The van der Waals surface area contributed by atoms with Crippen LogP contribution in [0.4, 0.5) is 0 Å². The second kappa shape index (κ2) is 10.8. The highest BCUT2D eigenvalue weighted by molar-refractivity contribution is 6.31. The summed E-state index contributed by atoms with van der Waals surface area (Å²) in [6.45, 7) is 1.43. The van der Waals surface area contributed by atoms with Crippen molar-refractivity contribution in [2.24, 2.45) is 0 Å². The molecule has 0 saturated carbocycles. The SMILES string of the molecule is C#CCOc1ccc(Cl)cc1C(=O)N1CCN(C(=O)c2cc(Cl)ccc2OCC#C)CC1. The zero-order valence-corrected chi connectivity index (χ0v) is 18.7. The number of piperazine rings is 1. The maximum atomic E-state index is 13.1. The van der Waals surface area contributed by atoms with Crippen molar-refractivity contribution in [3.05, 3.63) is 57.6 Å². The Labute approximate surface area is 197 Å². The van der Waals surface area contributed by atoms with Crippen molar-refractivity contribution in [1.82, 2.24) is 9.80 Å². The fraction of sp³-hybridized carbons (Fsp3) is 0.250. The molecule has 3 rings (SSSR count). The van der Waals surface area contributed by atoms with Gasteiger partial charge in [-0.2, -0.15) is 0 Å². The lowest BCUT2D eigenvalue weighted by Crippen LogP contribution is -2.50. The molecule has 1 heterocycles. The fourth-order valence-electron chi connectivity index (χ4n) is 3.28. The Kier molecular flexibility index (Phi) is 7.89. The van der Waals surface area contributed by atoms with Crippen molar-refractivity contribution in [1.29, 1.82) is 0 Å². The summed E-state index contributed by atoms with van der Waals surface area (Å²) in [5.74, 6) is 5.00. The monoisotopic (exact) mass is 470 g/mol. The van der Waals surface area contributed by atoms with E-state index in [1.165, 1.54) is 0 Å². The number of ether oxygens (including phenoxy) is 2. The lowest BCUT2D eigenvalue weighted by molar-refractivity contribution is 0.0531. The molecular formula is C24H20Cl2N2O4. The van der Waals surface area contributed by atoms with Gasteiger partial charge in [-0.1, -0.05) is 35.0 Å². The third kappa shape index (κ3) is 5.48. The summed E-state index contributed by atoms with van der Waals surface area (Å²) in [6, 6.07) is 9.59. The third-order valence-electron chi connectivity index (χ3n) is 4.82. The lowest BCUT2D eigenvalue weighted by Gasteiger charge is -2.35. The molecule has 0 bridgehead atoms. The minimum atomic E-state index is -0.243. The van der Waals surface area contributed by atoms with Gasteiger partial charge in [-0.25, -0.2) is 0 Å². The van der Waals surface area contributed by atoms with Crippen LogP contribution in [0.2, 0.25) is 10.0 Å². The quantitative estimate of drug-likeness (QED) is 0.605. The Bertz CT molecular complexity index is 1010. The fourth-order valence-corrected chi connectivity index (χ4v) is 3.63. The maximum absolute atomic E-state index is 13.1. The third-order valence-corrected chi connectivity index (χ3v) is 5.29. The van der Waals surface area contributed by atoms with E-state index < -0.39 is 0 Å². The number of amides is 2. The van der Waals surface area contributed by atoms with Gasteiger partial charge in [0, 0.05) is 36.2 Å². The number of carbonyl (C=O) groups excluding carboxylic acids is 2. The molecule has 0 N–H and O–H groups in total. The van der Waals surface area contributed by atoms with Crippen LogP contribution in [-0.2, 0) is 0 Å². The molecule has 1 aliphatic rings. The first-order valence-electron chi connectivity index (χ1n) is 9.74. The number of carbonyl (C=O) groups is 2. The largest absolute Gasteiger partial charge is 0.480 e. The molecule has 0 spiro atoms. The Morgan fingerprint density at radius 1 is 0.781 bits per heavy atom. The van der Waals surface area contributed by atoms with Gasteiger partial charge in [-0.3, -0.25) is 9.59 Å². The predicted molar refractivity (Wildman–Crippen MR) is 123 cm³/mol. The van der Waals surface area contributed by atoms with Crippen molar-refractivity contribution in [2.45, 2.75) is 0 Å². The molecule has 2 aromatic carbocycles. The number of hydrogen-bond donors (Lipinski definition) is 0. The van der Waals surface area contributed by atoms with Gasteiger partial charge >= 0.3 is 0 Å². The van der Waals surface area contributed by atoms with Crippen LogP contribution in [0, 0.1) is 24.7 Å². The summed E-state index contributed by atoms with van der Waals surface area (Å²) in [6.07, 6.45) is 10.5. The average molecular weight is 471 g/mol. The molecule has 1 saturated heterocycles. The van der Waals surface area contributed by atoms with Gasteiger partial charge in [0.2, 0.25) is 0 Å². The first kappa shape index (κ1) is 23.3. The first-order valence-corrected chi connectivity index (χ1v) is 10.5. The standard InChI is InChI=1S/C24H20Cl2N2O4/c1-3-13-31-21-7-5-17(25)15-19(21)23(29)27-9-11-28(12-10-27)24(30)20-16-18(26)6-8-22(20)32-14-4-2/h1-2,5-8,15-16H,9-14H2. The van der Waals surface area contributed by atoms with Crippen LogP contribution in [0.1, 0.15) is 20.7 Å². The van der Waals surface area contributed by atoms with Gasteiger partial charge in [0.25, 0.3) is 11.8 Å². The molecule has 1 aliphatic heterocycles. The summed E-state index contributed by atoms with van der Waals surface area (Å²) < 4.78 is 11.0. The van der Waals surface area contributed by atoms with Crippen molar-refractivity contribution >= 4 is 35.0 Å². The number of terminal acetylenes is 2. The van der Waals surface area contributed by atoms with Crippen LogP contribution < -0.4 is 9.47 Å². The van der Waals surface area contributed by atoms with Crippen molar-refractivity contribution in [3.63, 3.8) is 0 Å². The summed E-state index contributed by atoms with van der Waals surface area (Å²) in [5.41, 5.74) is 0.652. The molecule has 2 amide bonds. The van der Waals surface area contributed by atoms with Gasteiger partial charge in [0.1, 0.15) is 24.7 Å². The molecule has 0 radical (unpaired) electrons. The van der Waals surface area contributed by atoms with Crippen LogP contribution >= 0.6 is 23.2 Å².